The van der Waals surface area contributed by atoms with Gasteiger partial charge in [0, 0.05) is 11.0 Å². The summed E-state index contributed by atoms with van der Waals surface area (Å²) in [4.78, 5) is 35.7. The van der Waals surface area contributed by atoms with Crippen LogP contribution in [0, 0.1) is 13.8 Å². The fraction of sp³-hybridized carbons (Fsp3) is 0.571. The number of rotatable bonds is 6. The number of carboxylic acid groups (broad SMARTS) is 1. The zero-order chi connectivity index (χ0) is 21.9. The minimum absolute atomic E-state index is 0.118. The average molecular weight is 393 g/mol. The Morgan fingerprint density at radius 3 is 2.18 bits per heavy atom. The van der Waals surface area contributed by atoms with Crippen LogP contribution < -0.4 is 10.1 Å². The molecular formula is C21H31NO6. The van der Waals surface area contributed by atoms with E-state index in [9.17, 15) is 19.5 Å². The molecule has 2 N–H and O–H groups in total. The summed E-state index contributed by atoms with van der Waals surface area (Å²) in [6, 6.07) is 2.67. The highest BCUT2D eigenvalue weighted by molar-refractivity contribution is 5.83. The predicted molar refractivity (Wildman–Crippen MR) is 106 cm³/mol. The van der Waals surface area contributed by atoms with E-state index < -0.39 is 35.1 Å². The number of aliphatic carboxylic acids is 1. The highest BCUT2D eigenvalue weighted by Crippen LogP contribution is 2.38. The largest absolute Gasteiger partial charge is 0.481 e. The second kappa shape index (κ2) is 8.63. The van der Waals surface area contributed by atoms with Crippen molar-refractivity contribution in [3.05, 3.63) is 28.8 Å². The van der Waals surface area contributed by atoms with Gasteiger partial charge in [0.2, 0.25) is 0 Å². The van der Waals surface area contributed by atoms with E-state index in [0.717, 1.165) is 11.1 Å². The Labute approximate surface area is 166 Å². The van der Waals surface area contributed by atoms with E-state index >= 15 is 0 Å². The van der Waals surface area contributed by atoms with Crippen LogP contribution >= 0.6 is 0 Å². The quantitative estimate of drug-likeness (QED) is 0.562. The topological polar surface area (TPSA) is 102 Å². The van der Waals surface area contributed by atoms with Crippen LogP contribution in [0.1, 0.15) is 64.7 Å². The monoisotopic (exact) mass is 393 g/mol. The molecule has 28 heavy (non-hydrogen) atoms. The Kier molecular flexibility index (Phi) is 7.23. The predicted octanol–water partition coefficient (Wildman–Crippen LogP) is 3.87. The Bertz CT molecular complexity index is 761. The van der Waals surface area contributed by atoms with Crippen LogP contribution in [-0.4, -0.2) is 34.8 Å². The van der Waals surface area contributed by atoms with E-state index in [-0.39, 0.29) is 6.42 Å². The Hall–Kier alpha value is -2.57. The molecule has 7 heteroatoms. The molecule has 0 aliphatic carbocycles. The normalized spacial score (nSPS) is 12.9. The molecule has 0 saturated heterocycles. The standard InChI is InChI=1S/C21H31NO6/c1-12-9-13(2)17(21(7,8)11-16(23)24)15(10-12)27-18(25)14(3)22-19(26)28-20(4,5)6/h9-10,14H,11H2,1-8H3,(H,22,26)(H,23,24)/t14-/m0/s1. The number of aryl methyl sites for hydroxylation is 2. The number of amides is 1. The minimum Gasteiger partial charge on any atom is -0.481 e. The molecule has 0 bridgehead atoms. The second-order valence-corrected chi connectivity index (χ2v) is 8.70. The molecule has 0 fully saturated rings. The summed E-state index contributed by atoms with van der Waals surface area (Å²) in [6.07, 6.45) is -0.837. The van der Waals surface area contributed by atoms with Gasteiger partial charge in [-0.25, -0.2) is 9.59 Å². The molecule has 1 aromatic carbocycles. The van der Waals surface area contributed by atoms with Crippen molar-refractivity contribution in [3.8, 4) is 5.75 Å². The van der Waals surface area contributed by atoms with E-state index in [1.54, 1.807) is 40.7 Å². The Morgan fingerprint density at radius 2 is 1.68 bits per heavy atom. The van der Waals surface area contributed by atoms with Gasteiger partial charge in [-0.2, -0.15) is 0 Å². The van der Waals surface area contributed by atoms with Gasteiger partial charge in [0.25, 0.3) is 0 Å². The lowest BCUT2D eigenvalue weighted by molar-refractivity contribution is -0.138. The maximum atomic E-state index is 12.5. The van der Waals surface area contributed by atoms with Crippen molar-refractivity contribution in [1.29, 1.82) is 0 Å². The molecule has 1 rings (SSSR count). The smallest absolute Gasteiger partial charge is 0.408 e. The van der Waals surface area contributed by atoms with Crippen LogP contribution in [0.5, 0.6) is 5.75 Å². The number of benzene rings is 1. The molecule has 1 atom stereocenters. The second-order valence-electron chi connectivity index (χ2n) is 8.70. The fourth-order valence-corrected chi connectivity index (χ4v) is 3.08. The third-order valence-corrected chi connectivity index (χ3v) is 4.01. The minimum atomic E-state index is -0.942. The van der Waals surface area contributed by atoms with Crippen molar-refractivity contribution in [1.82, 2.24) is 5.32 Å². The maximum absolute atomic E-state index is 12.5. The van der Waals surface area contributed by atoms with Crippen LogP contribution in [0.2, 0.25) is 0 Å². The summed E-state index contributed by atoms with van der Waals surface area (Å²) in [5, 5.41) is 11.7. The number of carboxylic acids is 1. The zero-order valence-electron chi connectivity index (χ0n) is 17.9. The SMILES string of the molecule is Cc1cc(C)c(C(C)(C)CC(=O)O)c(OC(=O)[C@H](C)NC(=O)OC(C)(C)C)c1. The molecular weight excluding hydrogens is 362 g/mol. The fourth-order valence-electron chi connectivity index (χ4n) is 3.08. The molecule has 0 aromatic heterocycles. The first-order valence-electron chi connectivity index (χ1n) is 9.17. The van der Waals surface area contributed by atoms with E-state index in [0.29, 0.717) is 11.3 Å². The lowest BCUT2D eigenvalue weighted by Gasteiger charge is -2.28. The summed E-state index contributed by atoms with van der Waals surface area (Å²) in [5.74, 6) is -1.31. The van der Waals surface area contributed by atoms with Gasteiger partial charge >= 0.3 is 18.0 Å². The molecule has 0 saturated carbocycles. The van der Waals surface area contributed by atoms with E-state index in [1.807, 2.05) is 19.9 Å². The lowest BCUT2D eigenvalue weighted by Crippen LogP contribution is -2.43. The first-order chi connectivity index (χ1) is 12.6. The molecule has 0 heterocycles. The molecule has 1 aromatic rings. The summed E-state index contributed by atoms with van der Waals surface area (Å²) in [7, 11) is 0. The van der Waals surface area contributed by atoms with Crippen molar-refractivity contribution in [2.24, 2.45) is 0 Å². The van der Waals surface area contributed by atoms with Crippen LogP contribution in [0.15, 0.2) is 12.1 Å². The van der Waals surface area contributed by atoms with E-state index in [1.165, 1.54) is 6.92 Å². The first-order valence-corrected chi connectivity index (χ1v) is 9.17. The maximum Gasteiger partial charge on any atom is 0.408 e. The lowest BCUT2D eigenvalue weighted by atomic mass is 9.78. The summed E-state index contributed by atoms with van der Waals surface area (Å²) >= 11 is 0. The van der Waals surface area contributed by atoms with Gasteiger partial charge < -0.3 is 19.9 Å². The number of carbonyl (C=O) groups excluding carboxylic acids is 2. The van der Waals surface area contributed by atoms with Crippen molar-refractivity contribution >= 4 is 18.0 Å². The van der Waals surface area contributed by atoms with Crippen molar-refractivity contribution in [3.63, 3.8) is 0 Å². The highest BCUT2D eigenvalue weighted by Gasteiger charge is 2.31. The molecule has 1 amide bonds. The number of carbonyl (C=O) groups is 3. The number of ether oxygens (including phenoxy) is 2. The summed E-state index contributed by atoms with van der Waals surface area (Å²) < 4.78 is 10.7. The molecule has 0 unspecified atom stereocenters. The van der Waals surface area contributed by atoms with Crippen LogP contribution in [0.25, 0.3) is 0 Å². The van der Waals surface area contributed by atoms with Crippen molar-refractivity contribution in [2.45, 2.75) is 78.9 Å². The van der Waals surface area contributed by atoms with Crippen molar-refractivity contribution < 1.29 is 29.0 Å². The van der Waals surface area contributed by atoms with Gasteiger partial charge in [-0.15, -0.1) is 0 Å². The first kappa shape index (κ1) is 23.5. The Morgan fingerprint density at radius 1 is 1.11 bits per heavy atom. The van der Waals surface area contributed by atoms with Gasteiger partial charge in [0.15, 0.2) is 0 Å². The third kappa shape index (κ3) is 6.87. The number of hydrogen-bond acceptors (Lipinski definition) is 5. The molecule has 7 nitrogen and oxygen atoms in total. The van der Waals surface area contributed by atoms with E-state index in [2.05, 4.69) is 5.32 Å². The van der Waals surface area contributed by atoms with Gasteiger partial charge in [-0.1, -0.05) is 19.9 Å². The van der Waals surface area contributed by atoms with Gasteiger partial charge in [0.1, 0.15) is 17.4 Å². The summed E-state index contributed by atoms with van der Waals surface area (Å²) in [5.41, 5.74) is 0.930. The number of esters is 1. The third-order valence-electron chi connectivity index (χ3n) is 4.01. The average Bonchev–Trinajstić information content (AvgIpc) is 2.41. The number of alkyl carbamates (subject to hydrolysis) is 1. The molecule has 0 spiro atoms. The van der Waals surface area contributed by atoms with Gasteiger partial charge in [-0.3, -0.25) is 4.79 Å². The zero-order valence-corrected chi connectivity index (χ0v) is 17.9. The highest BCUT2D eigenvalue weighted by atomic mass is 16.6. The van der Waals surface area contributed by atoms with Gasteiger partial charge in [-0.05, 0) is 58.7 Å². The molecule has 0 aliphatic rings. The van der Waals surface area contributed by atoms with Crippen LogP contribution in [0.4, 0.5) is 4.79 Å². The number of hydrogen-bond donors (Lipinski definition) is 2. The number of nitrogens with one attached hydrogen (secondary N) is 1. The summed E-state index contributed by atoms with van der Waals surface area (Å²) in [6.45, 7) is 14.0. The van der Waals surface area contributed by atoms with E-state index in [4.69, 9.17) is 9.47 Å². The molecule has 0 aliphatic heterocycles. The van der Waals surface area contributed by atoms with Crippen LogP contribution in [-0.2, 0) is 19.7 Å². The van der Waals surface area contributed by atoms with Crippen LogP contribution in [0.3, 0.4) is 0 Å². The molecule has 156 valence electrons. The van der Waals surface area contributed by atoms with Crippen molar-refractivity contribution in [2.75, 3.05) is 0 Å². The Balaban J connectivity index is 3.09. The molecule has 0 radical (unpaired) electrons. The van der Waals surface area contributed by atoms with Gasteiger partial charge in [0.05, 0.1) is 6.42 Å².